The van der Waals surface area contributed by atoms with Crippen LogP contribution >= 0.6 is 0 Å². The molecule has 0 fully saturated rings. The fraction of sp³-hybridized carbons (Fsp3) is 0.0714. The van der Waals surface area contributed by atoms with Crippen molar-refractivity contribution >= 4 is 11.6 Å². The van der Waals surface area contributed by atoms with Crippen molar-refractivity contribution in [3.63, 3.8) is 0 Å². The standard InChI is InChI=1S/C14H12FNO3/c1-8-2-3-13(12(15)4-8)16-14(19)9-5-10(17)7-11(18)6-9/h2-7,17-18H,1H3,(H,16,19). The molecule has 0 heterocycles. The Morgan fingerprint density at radius 2 is 1.74 bits per heavy atom. The van der Waals surface area contributed by atoms with E-state index in [-0.39, 0.29) is 22.7 Å². The van der Waals surface area contributed by atoms with Crippen molar-refractivity contribution in [3.05, 3.63) is 53.3 Å². The molecule has 2 rings (SSSR count). The maximum atomic E-state index is 13.6. The molecule has 2 aromatic carbocycles. The topological polar surface area (TPSA) is 69.6 Å². The molecule has 0 aliphatic heterocycles. The molecule has 0 aromatic heterocycles. The van der Waals surface area contributed by atoms with E-state index >= 15 is 0 Å². The average molecular weight is 261 g/mol. The summed E-state index contributed by atoms with van der Waals surface area (Å²) in [7, 11) is 0. The number of phenols is 2. The van der Waals surface area contributed by atoms with E-state index in [2.05, 4.69) is 5.32 Å². The van der Waals surface area contributed by atoms with E-state index in [0.717, 1.165) is 11.6 Å². The predicted octanol–water partition coefficient (Wildman–Crippen LogP) is 2.80. The van der Waals surface area contributed by atoms with E-state index in [1.807, 2.05) is 0 Å². The molecular weight excluding hydrogens is 249 g/mol. The molecule has 0 bridgehead atoms. The summed E-state index contributed by atoms with van der Waals surface area (Å²) in [6.07, 6.45) is 0. The molecular formula is C14H12FNO3. The molecule has 0 spiro atoms. The van der Waals surface area contributed by atoms with Crippen LogP contribution in [0.3, 0.4) is 0 Å². The molecule has 5 heteroatoms. The van der Waals surface area contributed by atoms with Crippen LogP contribution in [0, 0.1) is 12.7 Å². The van der Waals surface area contributed by atoms with Crippen LogP contribution in [0.5, 0.6) is 11.5 Å². The van der Waals surface area contributed by atoms with Gasteiger partial charge in [-0.05, 0) is 36.8 Å². The predicted molar refractivity (Wildman–Crippen MR) is 68.9 cm³/mol. The molecule has 0 aliphatic rings. The number of carbonyl (C=O) groups excluding carboxylic acids is 1. The number of carbonyl (C=O) groups is 1. The molecule has 98 valence electrons. The molecule has 0 unspecified atom stereocenters. The third-order valence-corrected chi connectivity index (χ3v) is 2.54. The zero-order valence-corrected chi connectivity index (χ0v) is 10.1. The number of aryl methyl sites for hydroxylation is 1. The van der Waals surface area contributed by atoms with Crippen molar-refractivity contribution in [2.24, 2.45) is 0 Å². The third-order valence-electron chi connectivity index (χ3n) is 2.54. The molecule has 0 atom stereocenters. The summed E-state index contributed by atoms with van der Waals surface area (Å²) in [4.78, 5) is 11.9. The molecule has 0 saturated heterocycles. The second-order valence-electron chi connectivity index (χ2n) is 4.18. The summed E-state index contributed by atoms with van der Waals surface area (Å²) in [6, 6.07) is 7.88. The molecule has 19 heavy (non-hydrogen) atoms. The van der Waals surface area contributed by atoms with Gasteiger partial charge in [0.25, 0.3) is 5.91 Å². The zero-order valence-electron chi connectivity index (χ0n) is 10.1. The first-order chi connectivity index (χ1) is 8.95. The van der Waals surface area contributed by atoms with Gasteiger partial charge in [0.05, 0.1) is 5.69 Å². The molecule has 4 nitrogen and oxygen atoms in total. The Morgan fingerprint density at radius 1 is 1.11 bits per heavy atom. The van der Waals surface area contributed by atoms with Gasteiger partial charge in [0.2, 0.25) is 0 Å². The van der Waals surface area contributed by atoms with Gasteiger partial charge in [-0.15, -0.1) is 0 Å². The monoisotopic (exact) mass is 261 g/mol. The summed E-state index contributed by atoms with van der Waals surface area (Å²) in [5, 5.41) is 20.9. The highest BCUT2D eigenvalue weighted by atomic mass is 19.1. The highest BCUT2D eigenvalue weighted by Gasteiger charge is 2.11. The van der Waals surface area contributed by atoms with Crippen LogP contribution in [0.2, 0.25) is 0 Å². The average Bonchev–Trinajstić information content (AvgIpc) is 2.31. The highest BCUT2D eigenvalue weighted by molar-refractivity contribution is 6.04. The molecule has 1 amide bonds. The summed E-state index contributed by atoms with van der Waals surface area (Å²) < 4.78 is 13.6. The van der Waals surface area contributed by atoms with E-state index in [1.54, 1.807) is 13.0 Å². The van der Waals surface area contributed by atoms with Crippen LogP contribution in [0.15, 0.2) is 36.4 Å². The maximum Gasteiger partial charge on any atom is 0.256 e. The number of benzene rings is 2. The smallest absolute Gasteiger partial charge is 0.256 e. The fourth-order valence-corrected chi connectivity index (χ4v) is 1.64. The van der Waals surface area contributed by atoms with E-state index in [4.69, 9.17) is 0 Å². The Hall–Kier alpha value is -2.56. The summed E-state index contributed by atoms with van der Waals surface area (Å²) in [6.45, 7) is 1.74. The summed E-state index contributed by atoms with van der Waals surface area (Å²) in [5.41, 5.74) is 0.821. The Kier molecular flexibility index (Phi) is 3.37. The zero-order chi connectivity index (χ0) is 14.0. The van der Waals surface area contributed by atoms with E-state index in [0.29, 0.717) is 0 Å². The Labute approximate surface area is 109 Å². The van der Waals surface area contributed by atoms with Crippen molar-refractivity contribution in [1.29, 1.82) is 0 Å². The number of hydrogen-bond donors (Lipinski definition) is 3. The van der Waals surface area contributed by atoms with Gasteiger partial charge in [-0.2, -0.15) is 0 Å². The molecule has 3 N–H and O–H groups in total. The fourth-order valence-electron chi connectivity index (χ4n) is 1.64. The lowest BCUT2D eigenvalue weighted by Crippen LogP contribution is -2.12. The maximum absolute atomic E-state index is 13.6. The van der Waals surface area contributed by atoms with Crippen molar-refractivity contribution in [1.82, 2.24) is 0 Å². The van der Waals surface area contributed by atoms with E-state index in [9.17, 15) is 19.4 Å². The number of anilines is 1. The first kappa shape index (κ1) is 12.9. The van der Waals surface area contributed by atoms with Crippen molar-refractivity contribution < 1.29 is 19.4 Å². The number of hydrogen-bond acceptors (Lipinski definition) is 3. The van der Waals surface area contributed by atoms with Gasteiger partial charge < -0.3 is 15.5 Å². The van der Waals surface area contributed by atoms with E-state index in [1.165, 1.54) is 24.3 Å². The van der Waals surface area contributed by atoms with Crippen LogP contribution in [0.4, 0.5) is 10.1 Å². The first-order valence-corrected chi connectivity index (χ1v) is 5.56. The minimum atomic E-state index is -0.617. The van der Waals surface area contributed by atoms with Crippen molar-refractivity contribution in [2.45, 2.75) is 6.92 Å². The van der Waals surface area contributed by atoms with E-state index < -0.39 is 11.7 Å². The minimum Gasteiger partial charge on any atom is -0.508 e. The Balaban J connectivity index is 2.25. The number of halogens is 1. The van der Waals surface area contributed by atoms with Crippen LogP contribution < -0.4 is 5.32 Å². The lowest BCUT2D eigenvalue weighted by atomic mass is 10.1. The van der Waals surface area contributed by atoms with Crippen LogP contribution in [0.1, 0.15) is 15.9 Å². The van der Waals surface area contributed by atoms with Crippen LogP contribution in [0.25, 0.3) is 0 Å². The molecule has 0 radical (unpaired) electrons. The first-order valence-electron chi connectivity index (χ1n) is 5.56. The second kappa shape index (κ2) is 4.97. The van der Waals surface area contributed by atoms with Gasteiger partial charge in [0.1, 0.15) is 17.3 Å². The number of amides is 1. The highest BCUT2D eigenvalue weighted by Crippen LogP contribution is 2.22. The minimum absolute atomic E-state index is 0.0393. The number of aromatic hydroxyl groups is 2. The van der Waals surface area contributed by atoms with Gasteiger partial charge >= 0.3 is 0 Å². The van der Waals surface area contributed by atoms with Gasteiger partial charge in [0, 0.05) is 11.6 Å². The van der Waals surface area contributed by atoms with Gasteiger partial charge in [0.15, 0.2) is 0 Å². The van der Waals surface area contributed by atoms with Crippen molar-refractivity contribution in [3.8, 4) is 11.5 Å². The largest absolute Gasteiger partial charge is 0.508 e. The summed E-state index contributed by atoms with van der Waals surface area (Å²) >= 11 is 0. The van der Waals surface area contributed by atoms with Crippen molar-refractivity contribution in [2.75, 3.05) is 5.32 Å². The lowest BCUT2D eigenvalue weighted by Gasteiger charge is -2.07. The van der Waals surface area contributed by atoms with Gasteiger partial charge in [-0.3, -0.25) is 4.79 Å². The second-order valence-corrected chi connectivity index (χ2v) is 4.18. The summed E-state index contributed by atoms with van der Waals surface area (Å²) in [5.74, 6) is -1.64. The Morgan fingerprint density at radius 3 is 2.32 bits per heavy atom. The number of nitrogens with one attached hydrogen (secondary N) is 1. The normalized spacial score (nSPS) is 10.2. The SMILES string of the molecule is Cc1ccc(NC(=O)c2cc(O)cc(O)c2)c(F)c1. The Bertz CT molecular complexity index is 620. The van der Waals surface area contributed by atoms with Crippen LogP contribution in [-0.2, 0) is 0 Å². The van der Waals surface area contributed by atoms with Crippen LogP contribution in [-0.4, -0.2) is 16.1 Å². The molecule has 0 aliphatic carbocycles. The quantitative estimate of drug-likeness (QED) is 0.778. The molecule has 0 saturated carbocycles. The molecule has 2 aromatic rings. The third kappa shape index (κ3) is 3.01. The number of rotatable bonds is 2. The number of phenolic OH excluding ortho intramolecular Hbond substituents is 2. The lowest BCUT2D eigenvalue weighted by molar-refractivity contribution is 0.102. The van der Waals surface area contributed by atoms with Gasteiger partial charge in [-0.25, -0.2) is 4.39 Å². The van der Waals surface area contributed by atoms with Gasteiger partial charge in [-0.1, -0.05) is 6.07 Å².